The van der Waals surface area contributed by atoms with Gasteiger partial charge in [0.2, 0.25) is 0 Å². The van der Waals surface area contributed by atoms with Crippen LogP contribution in [-0.4, -0.2) is 30.6 Å². The molecule has 0 saturated carbocycles. The van der Waals surface area contributed by atoms with Crippen molar-refractivity contribution < 1.29 is 0 Å². The molecule has 20 heavy (non-hydrogen) atoms. The smallest absolute Gasteiger partial charge is 0.0331 e. The molecule has 2 aromatic heterocycles. The molecule has 2 nitrogen and oxygen atoms in total. The third kappa shape index (κ3) is 5.37. The Hall–Kier alpha value is -0.680. The van der Waals surface area contributed by atoms with Crippen LogP contribution in [0, 0.1) is 0 Å². The van der Waals surface area contributed by atoms with Crippen LogP contribution in [0.1, 0.15) is 23.6 Å². The first-order valence-corrected chi connectivity index (χ1v) is 9.01. The predicted octanol–water partition coefficient (Wildman–Crippen LogP) is 3.85. The van der Waals surface area contributed by atoms with Gasteiger partial charge >= 0.3 is 0 Å². The predicted molar refractivity (Wildman–Crippen MR) is 90.8 cm³/mol. The van der Waals surface area contributed by atoms with Crippen LogP contribution < -0.4 is 5.32 Å². The monoisotopic (exact) mass is 308 g/mol. The number of nitrogens with zero attached hydrogens (tertiary/aromatic N) is 1. The fourth-order valence-electron chi connectivity index (χ4n) is 2.14. The fourth-order valence-corrected chi connectivity index (χ4v) is 3.58. The second-order valence-corrected chi connectivity index (χ2v) is 7.29. The molecular formula is C16H24N2S2. The summed E-state index contributed by atoms with van der Waals surface area (Å²) in [6.07, 6.45) is 1.14. The first-order chi connectivity index (χ1) is 9.75. The van der Waals surface area contributed by atoms with Crippen molar-refractivity contribution in [3.8, 4) is 0 Å². The van der Waals surface area contributed by atoms with Crippen molar-refractivity contribution in [3.63, 3.8) is 0 Å². The van der Waals surface area contributed by atoms with Gasteiger partial charge in [0, 0.05) is 42.0 Å². The van der Waals surface area contributed by atoms with Crippen molar-refractivity contribution in [2.75, 3.05) is 19.6 Å². The van der Waals surface area contributed by atoms with Gasteiger partial charge in [0.1, 0.15) is 0 Å². The van der Waals surface area contributed by atoms with Crippen LogP contribution in [0.4, 0.5) is 0 Å². The van der Waals surface area contributed by atoms with E-state index in [1.165, 1.54) is 9.75 Å². The number of thiophene rings is 2. The Balaban J connectivity index is 1.64. The van der Waals surface area contributed by atoms with Gasteiger partial charge in [-0.2, -0.15) is 0 Å². The van der Waals surface area contributed by atoms with E-state index < -0.39 is 0 Å². The van der Waals surface area contributed by atoms with Crippen LogP contribution in [-0.2, 0) is 13.0 Å². The maximum absolute atomic E-state index is 3.56. The van der Waals surface area contributed by atoms with Crippen molar-refractivity contribution in [2.24, 2.45) is 0 Å². The van der Waals surface area contributed by atoms with Gasteiger partial charge in [-0.05, 0) is 43.2 Å². The third-order valence-corrected chi connectivity index (χ3v) is 5.17. The van der Waals surface area contributed by atoms with Gasteiger partial charge in [0.05, 0.1) is 0 Å². The largest absolute Gasteiger partial charge is 0.315 e. The second kappa shape index (κ2) is 8.57. The summed E-state index contributed by atoms with van der Waals surface area (Å²) in [5.41, 5.74) is 0. The van der Waals surface area contributed by atoms with E-state index in [-0.39, 0.29) is 0 Å². The number of nitrogens with one attached hydrogen (secondary N) is 1. The van der Waals surface area contributed by atoms with Crippen molar-refractivity contribution in [2.45, 2.75) is 32.9 Å². The molecule has 0 aliphatic rings. The van der Waals surface area contributed by atoms with Crippen LogP contribution in [0.15, 0.2) is 35.0 Å². The lowest BCUT2D eigenvalue weighted by molar-refractivity contribution is 0.215. The van der Waals surface area contributed by atoms with Gasteiger partial charge in [-0.15, -0.1) is 22.7 Å². The number of rotatable bonds is 9. The molecule has 0 fully saturated rings. The van der Waals surface area contributed by atoms with Crippen LogP contribution >= 0.6 is 22.7 Å². The minimum Gasteiger partial charge on any atom is -0.315 e. The normalized spacial score (nSPS) is 11.6. The molecule has 0 unspecified atom stereocenters. The maximum Gasteiger partial charge on any atom is 0.0331 e. The topological polar surface area (TPSA) is 15.3 Å². The van der Waals surface area contributed by atoms with Gasteiger partial charge in [-0.3, -0.25) is 4.90 Å². The molecule has 2 aromatic rings. The Kier molecular flexibility index (Phi) is 6.73. The zero-order chi connectivity index (χ0) is 14.2. The Morgan fingerprint density at radius 2 is 1.75 bits per heavy atom. The standard InChI is InChI=1S/C16H24N2S2/c1-14(2)18(13-16-6-4-12-20-16)10-9-17-8-7-15-5-3-11-19-15/h3-6,11-12,14,17H,7-10,13H2,1-2H3. The van der Waals surface area contributed by atoms with E-state index >= 15 is 0 Å². The molecule has 0 aliphatic carbocycles. The Morgan fingerprint density at radius 3 is 2.35 bits per heavy atom. The highest BCUT2D eigenvalue weighted by Gasteiger charge is 2.10. The van der Waals surface area contributed by atoms with Gasteiger partial charge < -0.3 is 5.32 Å². The van der Waals surface area contributed by atoms with E-state index in [4.69, 9.17) is 0 Å². The van der Waals surface area contributed by atoms with Crippen molar-refractivity contribution in [1.29, 1.82) is 0 Å². The minimum atomic E-state index is 0.594. The van der Waals surface area contributed by atoms with E-state index in [1.807, 2.05) is 22.7 Å². The molecule has 0 aromatic carbocycles. The zero-order valence-electron chi connectivity index (χ0n) is 12.3. The summed E-state index contributed by atoms with van der Waals surface area (Å²) in [5, 5.41) is 7.87. The van der Waals surface area contributed by atoms with E-state index in [0.717, 1.165) is 32.6 Å². The minimum absolute atomic E-state index is 0.594. The van der Waals surface area contributed by atoms with Crippen LogP contribution in [0.3, 0.4) is 0 Å². The summed E-state index contributed by atoms with van der Waals surface area (Å²) < 4.78 is 0. The molecule has 0 bridgehead atoms. The average Bonchev–Trinajstić information content (AvgIpc) is 3.09. The van der Waals surface area contributed by atoms with Gasteiger partial charge in [-0.1, -0.05) is 12.1 Å². The van der Waals surface area contributed by atoms with Crippen LogP contribution in [0.5, 0.6) is 0 Å². The zero-order valence-corrected chi connectivity index (χ0v) is 14.0. The maximum atomic E-state index is 3.56. The van der Waals surface area contributed by atoms with Crippen molar-refractivity contribution in [1.82, 2.24) is 10.2 Å². The summed E-state index contributed by atoms with van der Waals surface area (Å²) in [4.78, 5) is 5.46. The first-order valence-electron chi connectivity index (χ1n) is 7.25. The highest BCUT2D eigenvalue weighted by atomic mass is 32.1. The average molecular weight is 309 g/mol. The van der Waals surface area contributed by atoms with E-state index in [2.05, 4.69) is 59.1 Å². The molecule has 0 saturated heterocycles. The van der Waals surface area contributed by atoms with Crippen LogP contribution in [0.25, 0.3) is 0 Å². The van der Waals surface area contributed by atoms with Crippen molar-refractivity contribution in [3.05, 3.63) is 44.8 Å². The molecular weight excluding hydrogens is 284 g/mol. The summed E-state index contributed by atoms with van der Waals surface area (Å²) in [6.45, 7) is 8.88. The first kappa shape index (κ1) is 15.7. The molecule has 0 amide bonds. The molecule has 0 aliphatic heterocycles. The second-order valence-electron chi connectivity index (χ2n) is 5.22. The molecule has 4 heteroatoms. The summed E-state index contributed by atoms with van der Waals surface area (Å²) >= 11 is 3.70. The van der Waals surface area contributed by atoms with E-state index in [1.54, 1.807) is 0 Å². The Morgan fingerprint density at radius 1 is 1.05 bits per heavy atom. The summed E-state index contributed by atoms with van der Waals surface area (Å²) in [7, 11) is 0. The number of hydrogen-bond donors (Lipinski definition) is 1. The third-order valence-electron chi connectivity index (χ3n) is 3.37. The molecule has 0 spiro atoms. The molecule has 1 N–H and O–H groups in total. The fraction of sp³-hybridized carbons (Fsp3) is 0.500. The molecule has 110 valence electrons. The number of hydrogen-bond acceptors (Lipinski definition) is 4. The lowest BCUT2D eigenvalue weighted by Crippen LogP contribution is -2.36. The molecule has 0 atom stereocenters. The molecule has 2 heterocycles. The highest BCUT2D eigenvalue weighted by molar-refractivity contribution is 7.10. The van der Waals surface area contributed by atoms with Crippen molar-refractivity contribution >= 4 is 22.7 Å². The van der Waals surface area contributed by atoms with E-state index in [0.29, 0.717) is 6.04 Å². The summed E-state index contributed by atoms with van der Waals surface area (Å²) in [6, 6.07) is 9.30. The van der Waals surface area contributed by atoms with Gasteiger partial charge in [0.15, 0.2) is 0 Å². The highest BCUT2D eigenvalue weighted by Crippen LogP contribution is 2.13. The van der Waals surface area contributed by atoms with Gasteiger partial charge in [0.25, 0.3) is 0 Å². The summed E-state index contributed by atoms with van der Waals surface area (Å²) in [5.74, 6) is 0. The Bertz CT molecular complexity index is 449. The van der Waals surface area contributed by atoms with Crippen LogP contribution in [0.2, 0.25) is 0 Å². The lowest BCUT2D eigenvalue weighted by Gasteiger charge is -2.26. The van der Waals surface area contributed by atoms with E-state index in [9.17, 15) is 0 Å². The SMILES string of the molecule is CC(C)N(CCNCCc1cccs1)Cc1cccs1. The van der Waals surface area contributed by atoms with Gasteiger partial charge in [-0.25, -0.2) is 0 Å². The molecule has 2 rings (SSSR count). The molecule has 0 radical (unpaired) electrons. The lowest BCUT2D eigenvalue weighted by atomic mass is 10.3. The Labute approximate surface area is 130 Å². The quantitative estimate of drug-likeness (QED) is 0.708.